The molecule has 0 saturated carbocycles. The molecule has 0 aliphatic carbocycles. The molecule has 52 valence electrons. The van der Waals surface area contributed by atoms with Gasteiger partial charge in [-0.05, 0) is 0 Å². The molecule has 0 aromatic carbocycles. The second-order valence-corrected chi connectivity index (χ2v) is 2.54. The number of alkyl halides is 3. The van der Waals surface area contributed by atoms with Crippen molar-refractivity contribution in [3.63, 3.8) is 0 Å². The van der Waals surface area contributed by atoms with Crippen LogP contribution < -0.4 is 34.7 Å². The van der Waals surface area contributed by atoms with Gasteiger partial charge in [0.25, 0.3) is 0 Å². The van der Waals surface area contributed by atoms with Gasteiger partial charge in [0.2, 0.25) is 0 Å². The Morgan fingerprint density at radius 3 is 1.44 bits per heavy atom. The molecule has 0 heterocycles. The molecule has 0 aliphatic heterocycles. The third kappa shape index (κ3) is 4.15. The predicted molar refractivity (Wildman–Crippen MR) is 20.3 cm³/mol. The summed E-state index contributed by atoms with van der Waals surface area (Å²) in [4.78, 5) is 0. The van der Waals surface area contributed by atoms with Crippen LogP contribution in [0.5, 0.6) is 0 Å². The predicted octanol–water partition coefficient (Wildman–Crippen LogP) is -3.09. The second-order valence-electron chi connectivity index (χ2n) is 0.991. The van der Waals surface area contributed by atoms with Crippen molar-refractivity contribution in [2.24, 2.45) is 5.14 Å². The molecule has 0 spiro atoms. The molecule has 2 N–H and O–H groups in total. The third-order valence-electron chi connectivity index (χ3n) is 0.323. The van der Waals surface area contributed by atoms with Crippen LogP contribution in [0.2, 0.25) is 0 Å². The second kappa shape index (κ2) is 3.20. The Balaban J connectivity index is -0.000000245. The number of rotatable bonds is 0. The summed E-state index contributed by atoms with van der Waals surface area (Å²) >= 11 is 0. The van der Waals surface area contributed by atoms with Gasteiger partial charge in [0.15, 0.2) is 0 Å². The van der Waals surface area contributed by atoms with Crippen molar-refractivity contribution in [2.45, 2.75) is 5.51 Å². The number of nitrogens with two attached hydrogens (primary N) is 1. The zero-order chi connectivity index (χ0) is 7.00. The van der Waals surface area contributed by atoms with Gasteiger partial charge < -0.3 is 1.43 Å². The van der Waals surface area contributed by atoms with E-state index in [0.717, 1.165) is 0 Å². The summed E-state index contributed by atoms with van der Waals surface area (Å²) in [5.74, 6) is 0. The first-order chi connectivity index (χ1) is 3.25. The number of sulfonamides is 1. The van der Waals surface area contributed by atoms with E-state index in [2.05, 4.69) is 5.14 Å². The number of hydrogen-bond donors (Lipinski definition) is 1. The van der Waals surface area contributed by atoms with Gasteiger partial charge in [0.1, 0.15) is 0 Å². The molecule has 0 rings (SSSR count). The van der Waals surface area contributed by atoms with Crippen molar-refractivity contribution < 1.29 is 52.6 Å². The monoisotopic (exact) mass is 173 g/mol. The summed E-state index contributed by atoms with van der Waals surface area (Å²) in [7, 11) is -5.34. The Morgan fingerprint density at radius 1 is 1.33 bits per heavy atom. The van der Waals surface area contributed by atoms with Crippen LogP contribution in [0.3, 0.4) is 0 Å². The number of hydrogen-bond acceptors (Lipinski definition) is 2. The molecule has 0 aliphatic rings. The van der Waals surface area contributed by atoms with E-state index in [4.69, 9.17) is 0 Å². The number of halogens is 3. The van der Waals surface area contributed by atoms with E-state index in [9.17, 15) is 21.6 Å². The maximum atomic E-state index is 10.8. The maximum absolute atomic E-state index is 10.8. The molecule has 9 heavy (non-hydrogen) atoms. The van der Waals surface area contributed by atoms with Crippen LogP contribution in [0.25, 0.3) is 0 Å². The van der Waals surface area contributed by atoms with Crippen molar-refractivity contribution in [1.82, 2.24) is 0 Å². The summed E-state index contributed by atoms with van der Waals surface area (Å²) in [6.07, 6.45) is 0. The molecular formula is CH3F3NNaO2S. The zero-order valence-electron chi connectivity index (χ0n) is 5.44. The maximum Gasteiger partial charge on any atom is 1.00 e. The summed E-state index contributed by atoms with van der Waals surface area (Å²) in [6, 6.07) is 0. The molecule has 0 atom stereocenters. The zero-order valence-corrected chi connectivity index (χ0v) is 7.25. The third-order valence-corrected chi connectivity index (χ3v) is 0.968. The molecule has 0 radical (unpaired) electrons. The number of primary sulfonamides is 1. The molecule has 0 saturated heterocycles. The minimum absolute atomic E-state index is 0. The van der Waals surface area contributed by atoms with Gasteiger partial charge in [-0.2, -0.15) is 13.2 Å². The molecular weight excluding hydrogens is 170 g/mol. The first-order valence-corrected chi connectivity index (χ1v) is 2.89. The average molecular weight is 173 g/mol. The molecule has 0 bridgehead atoms. The Labute approximate surface area is 73.2 Å². The van der Waals surface area contributed by atoms with E-state index >= 15 is 0 Å². The van der Waals surface area contributed by atoms with Crippen LogP contribution in [0.1, 0.15) is 1.43 Å². The van der Waals surface area contributed by atoms with E-state index in [-0.39, 0.29) is 31.0 Å². The van der Waals surface area contributed by atoms with Gasteiger partial charge in [-0.15, -0.1) is 0 Å². The van der Waals surface area contributed by atoms with Gasteiger partial charge >= 0.3 is 45.1 Å². The van der Waals surface area contributed by atoms with Gasteiger partial charge in [-0.25, -0.2) is 13.6 Å². The molecule has 0 unspecified atom stereocenters. The smallest absolute Gasteiger partial charge is 1.00 e. The van der Waals surface area contributed by atoms with E-state index < -0.39 is 15.5 Å². The van der Waals surface area contributed by atoms with Crippen LogP contribution in [0, 0.1) is 0 Å². The van der Waals surface area contributed by atoms with Gasteiger partial charge in [-0.1, -0.05) is 0 Å². The molecule has 0 aromatic heterocycles. The fourth-order valence-electron chi connectivity index (χ4n) is 0. The SMILES string of the molecule is NS(=O)(=O)C(F)(F)F.[H-].[Na+]. The van der Waals surface area contributed by atoms with E-state index in [1.165, 1.54) is 0 Å². The minimum Gasteiger partial charge on any atom is -1.00 e. The largest absolute Gasteiger partial charge is 1.00 e. The van der Waals surface area contributed by atoms with Crippen LogP contribution >= 0.6 is 0 Å². The quantitative estimate of drug-likeness (QED) is 0.395. The van der Waals surface area contributed by atoms with Crippen LogP contribution in [0.4, 0.5) is 13.2 Å². The van der Waals surface area contributed by atoms with E-state index in [1.54, 1.807) is 0 Å². The fourth-order valence-corrected chi connectivity index (χ4v) is 0. The van der Waals surface area contributed by atoms with Crippen molar-refractivity contribution >= 4 is 10.0 Å². The summed E-state index contributed by atoms with van der Waals surface area (Å²) < 4.78 is 51.2. The summed E-state index contributed by atoms with van der Waals surface area (Å²) in [5, 5.41) is 3.66. The standard InChI is InChI=1S/CH2F3NO2S.Na.H/c2-1(3,4)8(5,6)7;;/h(H2,5,6,7);;/q;+1;-1. The molecule has 0 aromatic rings. The van der Waals surface area contributed by atoms with E-state index in [1.807, 2.05) is 0 Å². The normalized spacial score (nSPS) is 12.4. The van der Waals surface area contributed by atoms with Gasteiger partial charge in [0, 0.05) is 0 Å². The topological polar surface area (TPSA) is 60.2 Å². The van der Waals surface area contributed by atoms with Crippen molar-refractivity contribution in [1.29, 1.82) is 0 Å². The summed E-state index contributed by atoms with van der Waals surface area (Å²) in [6.45, 7) is 0. The van der Waals surface area contributed by atoms with E-state index in [0.29, 0.717) is 0 Å². The Hall–Kier alpha value is 0.700. The van der Waals surface area contributed by atoms with Crippen LogP contribution in [-0.4, -0.2) is 13.9 Å². The van der Waals surface area contributed by atoms with Crippen LogP contribution in [-0.2, 0) is 10.0 Å². The average Bonchev–Trinajstić information content (AvgIpc) is 1.25. The Bertz CT molecular complexity index is 175. The van der Waals surface area contributed by atoms with Crippen molar-refractivity contribution in [3.8, 4) is 0 Å². The molecule has 0 amide bonds. The van der Waals surface area contributed by atoms with Crippen molar-refractivity contribution in [2.75, 3.05) is 0 Å². The summed E-state index contributed by atoms with van der Waals surface area (Å²) in [5.41, 5.74) is -5.31. The van der Waals surface area contributed by atoms with Gasteiger partial charge in [-0.3, -0.25) is 0 Å². The minimum atomic E-state index is -5.34. The molecule has 0 fully saturated rings. The Kier molecular flexibility index (Phi) is 4.40. The fraction of sp³-hybridized carbons (Fsp3) is 1.00. The van der Waals surface area contributed by atoms with Crippen molar-refractivity contribution in [3.05, 3.63) is 0 Å². The first kappa shape index (κ1) is 12.4. The Morgan fingerprint density at radius 2 is 1.44 bits per heavy atom. The van der Waals surface area contributed by atoms with Gasteiger partial charge in [0.05, 0.1) is 0 Å². The first-order valence-electron chi connectivity index (χ1n) is 1.34. The molecule has 3 nitrogen and oxygen atoms in total. The molecule has 8 heteroatoms. The van der Waals surface area contributed by atoms with Crippen LogP contribution in [0.15, 0.2) is 0 Å².